The largest absolute Gasteiger partial charge is 0.298 e. The van der Waals surface area contributed by atoms with Crippen LogP contribution in [0.5, 0.6) is 0 Å². The number of carbonyl (C=O) groups is 1. The van der Waals surface area contributed by atoms with Crippen molar-refractivity contribution in [2.75, 3.05) is 5.75 Å². The summed E-state index contributed by atoms with van der Waals surface area (Å²) in [6.45, 7) is 12.7. The Bertz CT molecular complexity index is 1210. The first-order valence-electron chi connectivity index (χ1n) is 11.3. The minimum absolute atomic E-state index is 0.0152. The molecule has 0 saturated carbocycles. The van der Waals surface area contributed by atoms with Crippen LogP contribution in [0.1, 0.15) is 58.4 Å². The molecular weight excluding hydrogens is 436 g/mol. The number of nitrogens with zero attached hydrogens (tertiary/aromatic N) is 2. The standard InChI is InChI=1S/C26H32N2O2S2/c1-25(2,3)16-12-13-18-19(14-16)32-22-21(18)23(30)28(17-10-8-7-9-11-17)24(27-22)31-15-20(29)26(4,5)6/h7-11,16H,12-15H2,1-6H3/t16-/m0/s1. The molecule has 6 heteroatoms. The lowest BCUT2D eigenvalue weighted by Crippen LogP contribution is -2.27. The zero-order valence-electron chi connectivity index (χ0n) is 19.8. The molecule has 2 heterocycles. The van der Waals surface area contributed by atoms with Crippen molar-refractivity contribution in [3.8, 4) is 5.69 Å². The van der Waals surface area contributed by atoms with E-state index < -0.39 is 5.41 Å². The topological polar surface area (TPSA) is 52.0 Å². The Hall–Kier alpha value is -1.92. The molecule has 0 radical (unpaired) electrons. The maximum absolute atomic E-state index is 13.8. The first-order chi connectivity index (χ1) is 15.0. The molecule has 170 valence electrons. The number of ketones is 1. The van der Waals surface area contributed by atoms with E-state index in [0.29, 0.717) is 16.8 Å². The fourth-order valence-corrected chi connectivity index (χ4v) is 6.71. The molecule has 1 atom stereocenters. The number of Topliss-reactive ketones (excluding diaryl/α,β-unsaturated/α-hetero) is 1. The van der Waals surface area contributed by atoms with E-state index in [1.807, 2.05) is 51.1 Å². The van der Waals surface area contributed by atoms with Crippen molar-refractivity contribution < 1.29 is 4.79 Å². The van der Waals surface area contributed by atoms with Crippen LogP contribution in [0.3, 0.4) is 0 Å². The summed E-state index contributed by atoms with van der Waals surface area (Å²) in [6, 6.07) is 9.66. The van der Waals surface area contributed by atoms with Gasteiger partial charge in [-0.15, -0.1) is 11.3 Å². The molecule has 0 aliphatic heterocycles. The monoisotopic (exact) mass is 468 g/mol. The second kappa shape index (κ2) is 8.45. The van der Waals surface area contributed by atoms with Crippen LogP contribution in [-0.4, -0.2) is 21.1 Å². The van der Waals surface area contributed by atoms with Crippen molar-refractivity contribution in [2.24, 2.45) is 16.7 Å². The minimum Gasteiger partial charge on any atom is -0.298 e. The normalized spacial score (nSPS) is 16.9. The van der Waals surface area contributed by atoms with Crippen LogP contribution < -0.4 is 5.56 Å². The zero-order chi connectivity index (χ0) is 23.3. The number of aromatic nitrogens is 2. The number of hydrogen-bond donors (Lipinski definition) is 0. The van der Waals surface area contributed by atoms with Gasteiger partial charge in [-0.2, -0.15) is 0 Å². The number of thioether (sulfide) groups is 1. The first kappa shape index (κ1) is 23.2. The van der Waals surface area contributed by atoms with Gasteiger partial charge in [0.15, 0.2) is 5.16 Å². The predicted octanol–water partition coefficient (Wildman–Crippen LogP) is 6.31. The maximum atomic E-state index is 13.8. The zero-order valence-corrected chi connectivity index (χ0v) is 21.5. The van der Waals surface area contributed by atoms with Crippen LogP contribution in [0, 0.1) is 16.7 Å². The molecule has 0 saturated heterocycles. The van der Waals surface area contributed by atoms with Gasteiger partial charge < -0.3 is 0 Å². The average molecular weight is 469 g/mol. The molecule has 32 heavy (non-hydrogen) atoms. The Morgan fingerprint density at radius 2 is 1.84 bits per heavy atom. The lowest BCUT2D eigenvalue weighted by Gasteiger charge is -2.33. The van der Waals surface area contributed by atoms with E-state index in [-0.39, 0.29) is 16.8 Å². The van der Waals surface area contributed by atoms with E-state index in [9.17, 15) is 9.59 Å². The number of fused-ring (bicyclic) bond motifs is 3. The Morgan fingerprint density at radius 3 is 2.47 bits per heavy atom. The van der Waals surface area contributed by atoms with E-state index in [4.69, 9.17) is 4.98 Å². The molecule has 0 unspecified atom stereocenters. The lowest BCUT2D eigenvalue weighted by atomic mass is 9.72. The highest BCUT2D eigenvalue weighted by atomic mass is 32.2. The van der Waals surface area contributed by atoms with E-state index in [1.54, 1.807) is 15.9 Å². The third kappa shape index (κ3) is 4.44. The summed E-state index contributed by atoms with van der Waals surface area (Å²) in [5, 5.41) is 1.37. The van der Waals surface area contributed by atoms with Crippen LogP contribution in [0.25, 0.3) is 15.9 Å². The summed E-state index contributed by atoms with van der Waals surface area (Å²) in [7, 11) is 0. The number of rotatable bonds is 4. The molecule has 0 N–H and O–H groups in total. The highest BCUT2D eigenvalue weighted by Crippen LogP contribution is 2.42. The van der Waals surface area contributed by atoms with Crippen LogP contribution in [0.15, 0.2) is 40.3 Å². The van der Waals surface area contributed by atoms with Gasteiger partial charge in [0.25, 0.3) is 5.56 Å². The Kier molecular flexibility index (Phi) is 6.14. The summed E-state index contributed by atoms with van der Waals surface area (Å²) >= 11 is 3.03. The first-order valence-corrected chi connectivity index (χ1v) is 13.1. The number of benzene rings is 1. The van der Waals surface area contributed by atoms with Gasteiger partial charge in [0.1, 0.15) is 10.6 Å². The Morgan fingerprint density at radius 1 is 1.16 bits per heavy atom. The molecule has 1 aromatic carbocycles. The quantitative estimate of drug-likeness (QED) is 0.333. The van der Waals surface area contributed by atoms with Crippen molar-refractivity contribution in [1.82, 2.24) is 9.55 Å². The molecule has 1 aliphatic carbocycles. The highest BCUT2D eigenvalue weighted by molar-refractivity contribution is 7.99. The van der Waals surface area contributed by atoms with Crippen molar-refractivity contribution in [2.45, 2.75) is 66.0 Å². The molecule has 1 aliphatic rings. The van der Waals surface area contributed by atoms with Crippen LogP contribution in [0.4, 0.5) is 0 Å². The van der Waals surface area contributed by atoms with Crippen molar-refractivity contribution in [3.05, 3.63) is 51.1 Å². The fraction of sp³-hybridized carbons (Fsp3) is 0.500. The lowest BCUT2D eigenvalue weighted by molar-refractivity contribution is -0.123. The molecule has 0 fully saturated rings. The second-order valence-electron chi connectivity index (χ2n) is 10.8. The summed E-state index contributed by atoms with van der Waals surface area (Å²) in [4.78, 5) is 33.5. The van der Waals surface area contributed by atoms with Crippen LogP contribution in [-0.2, 0) is 17.6 Å². The second-order valence-corrected chi connectivity index (χ2v) is 12.8. The minimum atomic E-state index is -0.418. The molecule has 0 spiro atoms. The van der Waals surface area contributed by atoms with Gasteiger partial charge in [0.2, 0.25) is 0 Å². The van der Waals surface area contributed by atoms with Gasteiger partial charge in [0, 0.05) is 10.3 Å². The molecular formula is C26H32N2O2S2. The van der Waals surface area contributed by atoms with Crippen molar-refractivity contribution >= 4 is 39.1 Å². The number of carbonyl (C=O) groups excluding carboxylic acids is 1. The fourth-order valence-electron chi connectivity index (χ4n) is 4.19. The van der Waals surface area contributed by atoms with Crippen LogP contribution in [0.2, 0.25) is 0 Å². The number of hydrogen-bond acceptors (Lipinski definition) is 5. The summed E-state index contributed by atoms with van der Waals surface area (Å²) in [6.07, 6.45) is 3.04. The van der Waals surface area contributed by atoms with E-state index in [2.05, 4.69) is 20.8 Å². The van der Waals surface area contributed by atoms with E-state index in [0.717, 1.165) is 35.2 Å². The van der Waals surface area contributed by atoms with Crippen molar-refractivity contribution in [1.29, 1.82) is 0 Å². The Labute approximate surface area is 198 Å². The Balaban J connectivity index is 1.84. The summed E-state index contributed by atoms with van der Waals surface area (Å²) < 4.78 is 1.70. The third-order valence-electron chi connectivity index (χ3n) is 6.46. The molecule has 2 aromatic heterocycles. The molecule has 3 aromatic rings. The van der Waals surface area contributed by atoms with E-state index in [1.165, 1.54) is 22.2 Å². The number of thiophene rings is 1. The SMILES string of the molecule is CC(C)(C)C(=O)CSc1nc2sc3c(c2c(=O)n1-c1ccccc1)CC[C@H](C(C)(C)C)C3. The van der Waals surface area contributed by atoms with Gasteiger partial charge in [0.05, 0.1) is 16.8 Å². The number of para-hydroxylation sites is 1. The van der Waals surface area contributed by atoms with Gasteiger partial charge in [-0.05, 0) is 48.3 Å². The van der Waals surface area contributed by atoms with Crippen LogP contribution >= 0.6 is 23.1 Å². The smallest absolute Gasteiger partial charge is 0.267 e. The number of aryl methyl sites for hydroxylation is 1. The van der Waals surface area contributed by atoms with Gasteiger partial charge in [-0.25, -0.2) is 4.98 Å². The highest BCUT2D eigenvalue weighted by Gasteiger charge is 2.32. The summed E-state index contributed by atoms with van der Waals surface area (Å²) in [5.74, 6) is 1.05. The van der Waals surface area contributed by atoms with E-state index >= 15 is 0 Å². The molecule has 4 nitrogen and oxygen atoms in total. The van der Waals surface area contributed by atoms with Crippen molar-refractivity contribution in [3.63, 3.8) is 0 Å². The summed E-state index contributed by atoms with van der Waals surface area (Å²) in [5.41, 5.74) is 1.80. The van der Waals surface area contributed by atoms with Gasteiger partial charge >= 0.3 is 0 Å². The van der Waals surface area contributed by atoms with Gasteiger partial charge in [-0.1, -0.05) is 71.5 Å². The molecule has 4 rings (SSSR count). The average Bonchev–Trinajstić information content (AvgIpc) is 3.09. The predicted molar refractivity (Wildman–Crippen MR) is 135 cm³/mol. The third-order valence-corrected chi connectivity index (χ3v) is 8.55. The van der Waals surface area contributed by atoms with Gasteiger partial charge in [-0.3, -0.25) is 14.2 Å². The maximum Gasteiger partial charge on any atom is 0.267 e. The molecule has 0 bridgehead atoms. The molecule has 0 amide bonds.